The summed E-state index contributed by atoms with van der Waals surface area (Å²) in [5.41, 5.74) is 1.46. The van der Waals surface area contributed by atoms with Crippen LogP contribution in [0.4, 0.5) is 0 Å². The van der Waals surface area contributed by atoms with Crippen molar-refractivity contribution < 1.29 is 0 Å². The standard InChI is InChI=1S/C10H17N.C4BN4/c1-3-4-7-11-8-5-6-10(2)9-11;6-1-5(2-7,3-8)4-9/h5-6,8H,3-4,7,9H2,1-2H3;/q;-1. The van der Waals surface area contributed by atoms with E-state index in [1.165, 1.54) is 48.8 Å². The molecule has 5 nitrogen and oxygen atoms in total. The highest BCUT2D eigenvalue weighted by molar-refractivity contribution is 7.05. The largest absolute Gasteiger partial charge is 0.383 e. The highest BCUT2D eigenvalue weighted by atomic mass is 15.1. The van der Waals surface area contributed by atoms with Crippen molar-refractivity contribution in [3.05, 3.63) is 23.9 Å². The maximum Gasteiger partial charge on any atom is 0.383 e. The monoisotopic (exact) mass is 266 g/mol. The predicted molar refractivity (Wildman–Crippen MR) is 77.6 cm³/mol. The Labute approximate surface area is 120 Å². The van der Waals surface area contributed by atoms with Gasteiger partial charge in [-0.15, -0.1) is 23.9 Å². The molecule has 0 aromatic heterocycles. The number of rotatable bonds is 3. The van der Waals surface area contributed by atoms with Crippen LogP contribution in [0.3, 0.4) is 0 Å². The fourth-order valence-corrected chi connectivity index (χ4v) is 1.44. The van der Waals surface area contributed by atoms with Crippen LogP contribution in [0.25, 0.3) is 0 Å². The Morgan fingerprint density at radius 3 is 2.05 bits per heavy atom. The molecule has 0 unspecified atom stereocenters. The summed E-state index contributed by atoms with van der Waals surface area (Å²) < 4.78 is 0. The molecule has 1 aliphatic heterocycles. The summed E-state index contributed by atoms with van der Waals surface area (Å²) in [6.45, 7) is 6.74. The maximum absolute atomic E-state index is 8.09. The Bertz CT molecular complexity index is 474. The predicted octanol–water partition coefficient (Wildman–Crippen LogP) is 2.25. The number of hydrogen-bond donors (Lipinski definition) is 0. The Kier molecular flexibility index (Phi) is 8.02. The molecule has 0 aliphatic carbocycles. The van der Waals surface area contributed by atoms with Crippen LogP contribution in [-0.4, -0.2) is 24.1 Å². The van der Waals surface area contributed by atoms with Gasteiger partial charge < -0.3 is 4.90 Å². The van der Waals surface area contributed by atoms with Gasteiger partial charge in [0.1, 0.15) is 0 Å². The second kappa shape index (κ2) is 9.26. The number of allylic oxidation sites excluding steroid dienone is 2. The summed E-state index contributed by atoms with van der Waals surface area (Å²) in [5, 5.41) is 32.3. The molecule has 0 spiro atoms. The van der Waals surface area contributed by atoms with E-state index in [0.717, 1.165) is 6.54 Å². The summed E-state index contributed by atoms with van der Waals surface area (Å²) >= 11 is 0. The van der Waals surface area contributed by atoms with Gasteiger partial charge in [0, 0.05) is 13.1 Å². The van der Waals surface area contributed by atoms with Gasteiger partial charge in [-0.25, -0.2) is 21.0 Å². The average molecular weight is 266 g/mol. The van der Waals surface area contributed by atoms with Crippen LogP contribution < -0.4 is 0 Å². The first kappa shape index (κ1) is 17.3. The molecule has 0 bridgehead atoms. The van der Waals surface area contributed by atoms with Gasteiger partial charge in [0.25, 0.3) is 0 Å². The Hall–Kier alpha value is -2.70. The molecule has 0 N–H and O–H groups in total. The van der Waals surface area contributed by atoms with Crippen LogP contribution in [0.1, 0.15) is 26.7 Å². The molecule has 0 fully saturated rings. The van der Waals surface area contributed by atoms with Crippen molar-refractivity contribution in [3.63, 3.8) is 0 Å². The minimum Gasteiger partial charge on any atom is -0.373 e. The van der Waals surface area contributed by atoms with E-state index in [-0.39, 0.29) is 0 Å². The average Bonchev–Trinajstić information content (AvgIpc) is 2.49. The SMILES string of the molecule is CCCCN1C=CC=C(C)C1.N#C[B-](C#N)(C#N)C#N. The molecule has 0 amide bonds. The van der Waals surface area contributed by atoms with Gasteiger partial charge in [0.05, 0.1) is 0 Å². The van der Waals surface area contributed by atoms with Gasteiger partial charge in [-0.1, -0.05) is 25.0 Å². The zero-order valence-corrected chi connectivity index (χ0v) is 11.9. The van der Waals surface area contributed by atoms with Gasteiger partial charge in [-0.05, 0) is 25.6 Å². The van der Waals surface area contributed by atoms with Gasteiger partial charge in [-0.2, -0.15) is 0 Å². The van der Waals surface area contributed by atoms with Crippen molar-refractivity contribution in [1.82, 2.24) is 4.90 Å². The number of hydrogen-bond acceptors (Lipinski definition) is 5. The van der Waals surface area contributed by atoms with Crippen molar-refractivity contribution in [2.75, 3.05) is 13.1 Å². The molecular weight excluding hydrogens is 249 g/mol. The third-order valence-electron chi connectivity index (χ3n) is 2.70. The van der Waals surface area contributed by atoms with E-state index in [0.29, 0.717) is 0 Å². The Balaban J connectivity index is 0.000000370. The fourth-order valence-electron chi connectivity index (χ4n) is 1.44. The molecule has 1 heterocycles. The van der Waals surface area contributed by atoms with E-state index in [4.69, 9.17) is 21.0 Å². The molecule has 6 heteroatoms. The van der Waals surface area contributed by atoms with E-state index < -0.39 is 6.15 Å². The summed E-state index contributed by atoms with van der Waals surface area (Å²) in [4.78, 5) is 2.37. The Morgan fingerprint density at radius 2 is 1.70 bits per heavy atom. The lowest BCUT2D eigenvalue weighted by Crippen LogP contribution is -2.26. The first-order valence-corrected chi connectivity index (χ1v) is 6.46. The van der Waals surface area contributed by atoms with Crippen molar-refractivity contribution in [2.45, 2.75) is 26.7 Å². The van der Waals surface area contributed by atoms with Crippen LogP contribution in [0.15, 0.2) is 23.9 Å². The summed E-state index contributed by atoms with van der Waals surface area (Å²) in [5.74, 6) is 5.38. The zero-order chi connectivity index (χ0) is 15.4. The number of nitrogens with zero attached hydrogens (tertiary/aromatic N) is 5. The summed E-state index contributed by atoms with van der Waals surface area (Å²) in [6, 6.07) is 0. The molecule has 0 atom stereocenters. The molecule has 1 rings (SSSR count). The topological polar surface area (TPSA) is 98.4 Å². The molecular formula is C14H17BN5-. The first-order valence-electron chi connectivity index (χ1n) is 6.46. The van der Waals surface area contributed by atoms with Gasteiger partial charge in [-0.3, -0.25) is 0 Å². The zero-order valence-electron chi connectivity index (χ0n) is 11.9. The third kappa shape index (κ3) is 5.77. The summed E-state index contributed by atoms with van der Waals surface area (Å²) in [7, 11) is 0. The molecule has 0 radical (unpaired) electrons. The lowest BCUT2D eigenvalue weighted by molar-refractivity contribution is 0.392. The normalized spacial score (nSPS) is 12.7. The molecule has 1 aliphatic rings. The number of nitriles is 4. The van der Waals surface area contributed by atoms with Gasteiger partial charge in [0.2, 0.25) is 0 Å². The number of unbranched alkanes of at least 4 members (excludes halogenated alkanes) is 1. The van der Waals surface area contributed by atoms with Crippen molar-refractivity contribution in [1.29, 1.82) is 21.0 Å². The minimum atomic E-state index is -2.72. The molecule has 20 heavy (non-hydrogen) atoms. The highest BCUT2D eigenvalue weighted by Gasteiger charge is 2.22. The van der Waals surface area contributed by atoms with E-state index in [2.05, 4.69) is 37.1 Å². The molecule has 0 saturated carbocycles. The molecule has 0 saturated heterocycles. The van der Waals surface area contributed by atoms with Crippen molar-refractivity contribution >= 4 is 6.15 Å². The quantitative estimate of drug-likeness (QED) is 0.729. The fraction of sp³-hybridized carbons (Fsp3) is 0.429. The highest BCUT2D eigenvalue weighted by Crippen LogP contribution is 2.06. The van der Waals surface area contributed by atoms with Gasteiger partial charge >= 0.3 is 6.15 Å². The maximum atomic E-state index is 8.09. The van der Waals surface area contributed by atoms with Crippen LogP contribution in [-0.2, 0) is 0 Å². The molecule has 0 aromatic carbocycles. The lowest BCUT2D eigenvalue weighted by atomic mass is 9.30. The van der Waals surface area contributed by atoms with Crippen molar-refractivity contribution in [3.8, 4) is 23.9 Å². The van der Waals surface area contributed by atoms with Gasteiger partial charge in [0.15, 0.2) is 0 Å². The van der Waals surface area contributed by atoms with E-state index >= 15 is 0 Å². The van der Waals surface area contributed by atoms with Crippen LogP contribution in [0, 0.1) is 44.9 Å². The van der Waals surface area contributed by atoms with E-state index in [1.807, 2.05) is 0 Å². The van der Waals surface area contributed by atoms with Crippen LogP contribution in [0.2, 0.25) is 0 Å². The second-order valence-electron chi connectivity index (χ2n) is 4.56. The second-order valence-corrected chi connectivity index (χ2v) is 4.56. The summed E-state index contributed by atoms with van der Waals surface area (Å²) in [6.07, 6.45) is 6.37. The molecule has 0 aromatic rings. The van der Waals surface area contributed by atoms with Crippen LogP contribution >= 0.6 is 0 Å². The third-order valence-corrected chi connectivity index (χ3v) is 2.70. The minimum absolute atomic E-state index is 1.12. The molecule has 102 valence electrons. The van der Waals surface area contributed by atoms with Crippen LogP contribution in [0.5, 0.6) is 0 Å². The lowest BCUT2D eigenvalue weighted by Gasteiger charge is -2.22. The van der Waals surface area contributed by atoms with Crippen molar-refractivity contribution in [2.24, 2.45) is 0 Å². The van der Waals surface area contributed by atoms with E-state index in [9.17, 15) is 0 Å². The van der Waals surface area contributed by atoms with E-state index in [1.54, 1.807) is 0 Å². The Morgan fingerprint density at radius 1 is 1.15 bits per heavy atom. The smallest absolute Gasteiger partial charge is 0.373 e. The first-order chi connectivity index (χ1) is 9.57.